The van der Waals surface area contributed by atoms with Crippen LogP contribution in [-0.4, -0.2) is 11.1 Å². The molecule has 56 valence electrons. The summed E-state index contributed by atoms with van der Waals surface area (Å²) in [5.74, 6) is -1.01. The molecule has 12 heavy (non-hydrogen) atoms. The Morgan fingerprint density at radius 1 is 1.58 bits per heavy atom. The molecule has 3 nitrogen and oxygen atoms in total. The van der Waals surface area contributed by atoms with Crippen molar-refractivity contribution in [1.29, 1.82) is 5.26 Å². The van der Waals surface area contributed by atoms with Crippen LogP contribution in [0.1, 0.15) is 17.3 Å². The number of carboxylic acid groups (broad SMARTS) is 1. The zero-order valence-electron chi connectivity index (χ0n) is 7.61. The summed E-state index contributed by atoms with van der Waals surface area (Å²) in [6.45, 7) is 0. The van der Waals surface area contributed by atoms with Gasteiger partial charge in [0.1, 0.15) is 0 Å². The SMILES string of the molecule is N#Cc1cccc(C(=O)O)c1.[H-].[K+]. The third-order valence-electron chi connectivity index (χ3n) is 1.24. The average Bonchev–Trinajstić information content (AvgIpc) is 2.05. The van der Waals surface area contributed by atoms with Crippen LogP contribution < -0.4 is 51.4 Å². The fourth-order valence-corrected chi connectivity index (χ4v) is 0.722. The summed E-state index contributed by atoms with van der Waals surface area (Å²) >= 11 is 0. The third kappa shape index (κ3) is 3.05. The standard InChI is InChI=1S/C8H5NO2.K.H/c9-5-6-2-1-3-7(4-6)8(10)11;;/h1-4H,(H,10,11);;/q;+1;-1. The molecule has 0 radical (unpaired) electrons. The molecule has 0 aliphatic carbocycles. The summed E-state index contributed by atoms with van der Waals surface area (Å²) in [6, 6.07) is 7.75. The summed E-state index contributed by atoms with van der Waals surface area (Å²) < 4.78 is 0. The molecule has 0 unspecified atom stereocenters. The Labute approximate surface area is 114 Å². The second-order valence-corrected chi connectivity index (χ2v) is 2.00. The van der Waals surface area contributed by atoms with Crippen molar-refractivity contribution in [3.8, 4) is 6.07 Å². The smallest absolute Gasteiger partial charge is 1.00 e. The first-order chi connectivity index (χ1) is 5.24. The third-order valence-corrected chi connectivity index (χ3v) is 1.24. The van der Waals surface area contributed by atoms with Gasteiger partial charge < -0.3 is 6.53 Å². The zero-order valence-corrected chi connectivity index (χ0v) is 9.74. The number of hydrogen-bond acceptors (Lipinski definition) is 2. The van der Waals surface area contributed by atoms with E-state index in [4.69, 9.17) is 10.4 Å². The Hall–Kier alpha value is -0.184. The molecule has 1 rings (SSSR count). The van der Waals surface area contributed by atoms with Crippen molar-refractivity contribution in [3.05, 3.63) is 35.4 Å². The molecule has 1 aromatic rings. The Balaban J connectivity index is 0. The molecule has 1 aromatic carbocycles. The summed E-state index contributed by atoms with van der Waals surface area (Å²) in [5.41, 5.74) is 0.508. The maximum absolute atomic E-state index is 10.4. The van der Waals surface area contributed by atoms with E-state index < -0.39 is 5.97 Å². The van der Waals surface area contributed by atoms with Gasteiger partial charge in [-0.2, -0.15) is 5.26 Å². The zero-order chi connectivity index (χ0) is 8.27. The van der Waals surface area contributed by atoms with E-state index in [1.165, 1.54) is 12.1 Å². The molecule has 0 aliphatic rings. The van der Waals surface area contributed by atoms with E-state index in [9.17, 15) is 4.79 Å². The summed E-state index contributed by atoms with van der Waals surface area (Å²) in [7, 11) is 0. The van der Waals surface area contributed by atoms with Crippen LogP contribution in [0.4, 0.5) is 0 Å². The van der Waals surface area contributed by atoms with E-state index in [1.54, 1.807) is 12.1 Å². The van der Waals surface area contributed by atoms with Crippen LogP contribution in [0.15, 0.2) is 24.3 Å². The topological polar surface area (TPSA) is 61.1 Å². The molecule has 0 heterocycles. The van der Waals surface area contributed by atoms with Crippen molar-refractivity contribution in [1.82, 2.24) is 0 Å². The molecule has 0 aromatic heterocycles. The Morgan fingerprint density at radius 3 is 2.75 bits per heavy atom. The van der Waals surface area contributed by atoms with Crippen LogP contribution >= 0.6 is 0 Å². The van der Waals surface area contributed by atoms with Crippen LogP contribution in [0.2, 0.25) is 0 Å². The number of benzene rings is 1. The van der Waals surface area contributed by atoms with Crippen LogP contribution in [-0.2, 0) is 0 Å². The van der Waals surface area contributed by atoms with Gasteiger partial charge in [-0.25, -0.2) is 4.79 Å². The van der Waals surface area contributed by atoms with E-state index >= 15 is 0 Å². The number of aromatic carboxylic acids is 1. The predicted octanol–water partition coefficient (Wildman–Crippen LogP) is -1.63. The van der Waals surface area contributed by atoms with Gasteiger partial charge in [0.05, 0.1) is 17.2 Å². The number of rotatable bonds is 1. The molecule has 0 saturated heterocycles. The van der Waals surface area contributed by atoms with Crippen molar-refractivity contribution in [2.75, 3.05) is 0 Å². The molecule has 4 heteroatoms. The fraction of sp³-hybridized carbons (Fsp3) is 0. The number of nitrogens with zero attached hydrogens (tertiary/aromatic N) is 1. The number of hydrogen-bond donors (Lipinski definition) is 1. The second-order valence-electron chi connectivity index (χ2n) is 2.00. The molecule has 0 saturated carbocycles. The van der Waals surface area contributed by atoms with E-state index in [0.29, 0.717) is 5.56 Å². The van der Waals surface area contributed by atoms with Crippen molar-refractivity contribution in [3.63, 3.8) is 0 Å². The quantitative estimate of drug-likeness (QED) is 0.537. The Kier molecular flexibility index (Phi) is 5.38. The van der Waals surface area contributed by atoms with Crippen molar-refractivity contribution in [2.24, 2.45) is 0 Å². The molecule has 0 amide bonds. The predicted molar refractivity (Wildman–Crippen MR) is 39.2 cm³/mol. The fourth-order valence-electron chi connectivity index (χ4n) is 0.722. The monoisotopic (exact) mass is 187 g/mol. The molecule has 1 N–H and O–H groups in total. The van der Waals surface area contributed by atoms with Crippen molar-refractivity contribution in [2.45, 2.75) is 0 Å². The van der Waals surface area contributed by atoms with Crippen molar-refractivity contribution < 1.29 is 62.7 Å². The normalized spacial score (nSPS) is 7.92. The minimum absolute atomic E-state index is 0. The van der Waals surface area contributed by atoms with Gasteiger partial charge in [-0.1, -0.05) is 6.07 Å². The molecular weight excluding hydrogens is 181 g/mol. The number of nitriles is 1. The van der Waals surface area contributed by atoms with Crippen LogP contribution in [0, 0.1) is 11.3 Å². The van der Waals surface area contributed by atoms with Gasteiger partial charge in [-0.15, -0.1) is 0 Å². The molecule has 0 spiro atoms. The van der Waals surface area contributed by atoms with Crippen LogP contribution in [0.5, 0.6) is 0 Å². The first-order valence-electron chi connectivity index (χ1n) is 2.97. The average molecular weight is 187 g/mol. The Morgan fingerprint density at radius 2 is 2.25 bits per heavy atom. The molecule has 0 bridgehead atoms. The van der Waals surface area contributed by atoms with Gasteiger partial charge in [-0.05, 0) is 18.2 Å². The molecule has 0 atom stereocenters. The first kappa shape index (κ1) is 11.8. The van der Waals surface area contributed by atoms with Gasteiger partial charge >= 0.3 is 57.4 Å². The second kappa shape index (κ2) is 5.46. The summed E-state index contributed by atoms with van der Waals surface area (Å²) in [4.78, 5) is 10.4. The molecular formula is C8H6KNO2. The number of carboxylic acids is 1. The van der Waals surface area contributed by atoms with Crippen LogP contribution in [0.3, 0.4) is 0 Å². The maximum atomic E-state index is 10.4. The van der Waals surface area contributed by atoms with E-state index in [2.05, 4.69) is 0 Å². The minimum atomic E-state index is -1.01. The van der Waals surface area contributed by atoms with E-state index in [-0.39, 0.29) is 58.4 Å². The van der Waals surface area contributed by atoms with Gasteiger partial charge in [0.25, 0.3) is 0 Å². The largest absolute Gasteiger partial charge is 1.00 e. The minimum Gasteiger partial charge on any atom is -1.00 e. The molecule has 0 aliphatic heterocycles. The maximum Gasteiger partial charge on any atom is 1.00 e. The summed E-state index contributed by atoms with van der Waals surface area (Å²) in [5, 5.41) is 16.9. The van der Waals surface area contributed by atoms with Gasteiger partial charge in [-0.3, -0.25) is 0 Å². The van der Waals surface area contributed by atoms with Gasteiger partial charge in [0.2, 0.25) is 0 Å². The Bertz CT molecular complexity index is 335. The van der Waals surface area contributed by atoms with E-state index in [0.717, 1.165) is 0 Å². The van der Waals surface area contributed by atoms with Crippen LogP contribution in [0.25, 0.3) is 0 Å². The number of carbonyl (C=O) groups is 1. The van der Waals surface area contributed by atoms with E-state index in [1.807, 2.05) is 6.07 Å². The summed E-state index contributed by atoms with van der Waals surface area (Å²) in [6.07, 6.45) is 0. The molecule has 0 fully saturated rings. The first-order valence-corrected chi connectivity index (χ1v) is 2.97. The van der Waals surface area contributed by atoms with Crippen molar-refractivity contribution >= 4 is 5.97 Å². The van der Waals surface area contributed by atoms with Gasteiger partial charge in [0.15, 0.2) is 0 Å². The van der Waals surface area contributed by atoms with Gasteiger partial charge in [0, 0.05) is 0 Å².